The predicted octanol–water partition coefficient (Wildman–Crippen LogP) is 2.45. The topological polar surface area (TPSA) is 29.5 Å². The Kier molecular flexibility index (Phi) is 4.74. The van der Waals surface area contributed by atoms with Crippen LogP contribution in [0, 0.1) is 0 Å². The van der Waals surface area contributed by atoms with Crippen LogP contribution in [0.1, 0.15) is 40.0 Å². The highest BCUT2D eigenvalue weighted by Crippen LogP contribution is 2.31. The maximum absolute atomic E-state index is 8.77. The Morgan fingerprint density at radius 3 is 2.79 bits per heavy atom. The zero-order valence-corrected chi connectivity index (χ0v) is 10.3. The van der Waals surface area contributed by atoms with E-state index >= 15 is 0 Å². The van der Waals surface area contributed by atoms with Gasteiger partial charge in [0.25, 0.3) is 0 Å². The first-order valence-electron chi connectivity index (χ1n) is 5.44. The van der Waals surface area contributed by atoms with Gasteiger partial charge in [-0.2, -0.15) is 11.8 Å². The van der Waals surface area contributed by atoms with E-state index in [1.54, 1.807) is 0 Å². The molecule has 0 amide bonds. The van der Waals surface area contributed by atoms with Gasteiger partial charge in [0.1, 0.15) is 0 Å². The molecule has 1 fully saturated rings. The summed E-state index contributed by atoms with van der Waals surface area (Å²) >= 11 is 1.91. The maximum atomic E-state index is 8.77. The third-order valence-corrected chi connectivity index (χ3v) is 4.03. The van der Waals surface area contributed by atoms with Crippen molar-refractivity contribution in [2.75, 3.05) is 12.4 Å². The number of aliphatic hydroxyl groups is 1. The first kappa shape index (κ1) is 12.3. The van der Waals surface area contributed by atoms with Crippen LogP contribution in [0.5, 0.6) is 0 Å². The third-order valence-electron chi connectivity index (χ3n) is 2.66. The summed E-state index contributed by atoms with van der Waals surface area (Å²) in [6, 6.07) is 0. The van der Waals surface area contributed by atoms with E-state index in [-0.39, 0.29) is 5.60 Å². The minimum Gasteiger partial charge on any atom is -0.396 e. The number of hydrogen-bond donors (Lipinski definition) is 1. The van der Waals surface area contributed by atoms with Crippen molar-refractivity contribution in [3.8, 4) is 0 Å². The third kappa shape index (κ3) is 4.20. The quantitative estimate of drug-likeness (QED) is 0.768. The average molecular weight is 218 g/mol. The van der Waals surface area contributed by atoms with Gasteiger partial charge >= 0.3 is 0 Å². The Morgan fingerprint density at radius 2 is 2.29 bits per heavy atom. The predicted molar refractivity (Wildman–Crippen MR) is 61.8 cm³/mol. The molecule has 3 heteroatoms. The molecule has 0 spiro atoms. The lowest BCUT2D eigenvalue weighted by molar-refractivity contribution is -0.00471. The molecule has 1 saturated heterocycles. The van der Waals surface area contributed by atoms with Crippen molar-refractivity contribution in [2.45, 2.75) is 57.0 Å². The summed E-state index contributed by atoms with van der Waals surface area (Å²) in [6.07, 6.45) is 3.68. The molecule has 1 heterocycles. The molecular weight excluding hydrogens is 196 g/mol. The van der Waals surface area contributed by atoms with Crippen molar-refractivity contribution in [2.24, 2.45) is 0 Å². The molecule has 14 heavy (non-hydrogen) atoms. The van der Waals surface area contributed by atoms with Gasteiger partial charge in [0.05, 0.1) is 11.7 Å². The number of aliphatic hydroxyl groups excluding tert-OH is 1. The second kappa shape index (κ2) is 5.38. The van der Waals surface area contributed by atoms with Gasteiger partial charge in [-0.05, 0) is 33.1 Å². The van der Waals surface area contributed by atoms with E-state index in [1.165, 1.54) is 12.8 Å². The molecule has 0 bridgehead atoms. The molecule has 1 N–H and O–H groups in total. The monoisotopic (exact) mass is 218 g/mol. The average Bonchev–Trinajstić information content (AvgIpc) is 2.43. The van der Waals surface area contributed by atoms with Gasteiger partial charge in [-0.1, -0.05) is 6.92 Å². The fourth-order valence-electron chi connectivity index (χ4n) is 1.73. The van der Waals surface area contributed by atoms with Gasteiger partial charge in [-0.3, -0.25) is 0 Å². The minimum atomic E-state index is 0.0887. The van der Waals surface area contributed by atoms with Crippen LogP contribution in [0.2, 0.25) is 0 Å². The highest BCUT2D eigenvalue weighted by Gasteiger charge is 2.31. The normalized spacial score (nSPS) is 27.9. The zero-order valence-electron chi connectivity index (χ0n) is 9.45. The SMILES string of the molecule is CC(CCO)SCC1CCC(C)(C)O1. The Labute approximate surface area is 91.4 Å². The van der Waals surface area contributed by atoms with Crippen molar-refractivity contribution in [1.82, 2.24) is 0 Å². The van der Waals surface area contributed by atoms with Crippen molar-refractivity contribution in [1.29, 1.82) is 0 Å². The number of rotatable bonds is 5. The summed E-state index contributed by atoms with van der Waals surface area (Å²) in [6.45, 7) is 6.79. The Balaban J connectivity index is 2.14. The Morgan fingerprint density at radius 1 is 1.57 bits per heavy atom. The van der Waals surface area contributed by atoms with Crippen molar-refractivity contribution in [3.63, 3.8) is 0 Å². The molecule has 0 radical (unpaired) electrons. The summed E-state index contributed by atoms with van der Waals surface area (Å²) < 4.78 is 5.89. The number of hydrogen-bond acceptors (Lipinski definition) is 3. The molecule has 0 aromatic rings. The summed E-state index contributed by atoms with van der Waals surface area (Å²) in [5.74, 6) is 1.07. The van der Waals surface area contributed by atoms with Crippen molar-refractivity contribution in [3.05, 3.63) is 0 Å². The van der Waals surface area contributed by atoms with Gasteiger partial charge in [0.15, 0.2) is 0 Å². The second-order valence-electron chi connectivity index (χ2n) is 4.69. The van der Waals surface area contributed by atoms with Crippen LogP contribution in [0.3, 0.4) is 0 Å². The molecule has 2 nitrogen and oxygen atoms in total. The van der Waals surface area contributed by atoms with Crippen LogP contribution in [-0.2, 0) is 4.74 Å². The molecule has 2 atom stereocenters. The molecule has 2 unspecified atom stereocenters. The highest BCUT2D eigenvalue weighted by atomic mass is 32.2. The van der Waals surface area contributed by atoms with Gasteiger partial charge in [0, 0.05) is 17.6 Å². The molecule has 1 aliphatic heterocycles. The van der Waals surface area contributed by atoms with Crippen LogP contribution in [0.4, 0.5) is 0 Å². The van der Waals surface area contributed by atoms with E-state index in [0.29, 0.717) is 18.0 Å². The molecule has 0 aliphatic carbocycles. The lowest BCUT2D eigenvalue weighted by Gasteiger charge is -2.20. The van der Waals surface area contributed by atoms with E-state index in [1.807, 2.05) is 11.8 Å². The maximum Gasteiger partial charge on any atom is 0.0673 e. The zero-order chi connectivity index (χ0) is 10.6. The van der Waals surface area contributed by atoms with E-state index in [9.17, 15) is 0 Å². The molecule has 1 rings (SSSR count). The van der Waals surface area contributed by atoms with Gasteiger partial charge < -0.3 is 9.84 Å². The number of ether oxygens (including phenoxy) is 1. The molecule has 84 valence electrons. The van der Waals surface area contributed by atoms with Crippen LogP contribution < -0.4 is 0 Å². The largest absolute Gasteiger partial charge is 0.396 e. The summed E-state index contributed by atoms with van der Waals surface area (Å²) in [5.41, 5.74) is 0.0887. The van der Waals surface area contributed by atoms with Crippen LogP contribution >= 0.6 is 11.8 Å². The Hall–Kier alpha value is 0.270. The first-order valence-corrected chi connectivity index (χ1v) is 6.48. The number of thioether (sulfide) groups is 1. The molecule has 0 aromatic carbocycles. The summed E-state index contributed by atoms with van der Waals surface area (Å²) in [4.78, 5) is 0. The molecule has 0 aromatic heterocycles. The van der Waals surface area contributed by atoms with Gasteiger partial charge in [0.2, 0.25) is 0 Å². The standard InChI is InChI=1S/C11H22O2S/c1-9(5-7-12)14-8-10-4-6-11(2,3)13-10/h9-10,12H,4-8H2,1-3H3. The van der Waals surface area contributed by atoms with E-state index in [4.69, 9.17) is 9.84 Å². The van der Waals surface area contributed by atoms with Crippen LogP contribution in [0.15, 0.2) is 0 Å². The van der Waals surface area contributed by atoms with E-state index in [0.717, 1.165) is 12.2 Å². The second-order valence-corrected chi connectivity index (χ2v) is 6.17. The van der Waals surface area contributed by atoms with E-state index in [2.05, 4.69) is 20.8 Å². The van der Waals surface area contributed by atoms with Crippen LogP contribution in [-0.4, -0.2) is 34.4 Å². The lowest BCUT2D eigenvalue weighted by Crippen LogP contribution is -2.21. The van der Waals surface area contributed by atoms with Crippen molar-refractivity contribution >= 4 is 11.8 Å². The molecule has 0 saturated carbocycles. The Bertz CT molecular complexity index is 171. The van der Waals surface area contributed by atoms with Crippen molar-refractivity contribution < 1.29 is 9.84 Å². The molecular formula is C11H22O2S. The summed E-state index contributed by atoms with van der Waals surface area (Å²) in [5, 5.41) is 9.32. The molecule has 1 aliphatic rings. The summed E-state index contributed by atoms with van der Waals surface area (Å²) in [7, 11) is 0. The first-order chi connectivity index (χ1) is 6.53. The minimum absolute atomic E-state index is 0.0887. The van der Waals surface area contributed by atoms with E-state index < -0.39 is 0 Å². The smallest absolute Gasteiger partial charge is 0.0673 e. The fourth-order valence-corrected chi connectivity index (χ4v) is 2.78. The highest BCUT2D eigenvalue weighted by molar-refractivity contribution is 7.99. The van der Waals surface area contributed by atoms with Gasteiger partial charge in [-0.15, -0.1) is 0 Å². The van der Waals surface area contributed by atoms with Crippen LogP contribution in [0.25, 0.3) is 0 Å². The lowest BCUT2D eigenvalue weighted by atomic mass is 10.1. The fraction of sp³-hybridized carbons (Fsp3) is 1.00. The van der Waals surface area contributed by atoms with Gasteiger partial charge in [-0.25, -0.2) is 0 Å².